The monoisotopic (exact) mass is 313 g/mol. The molecular weight excluding hydrogens is 306 g/mol. The summed E-state index contributed by atoms with van der Waals surface area (Å²) in [6, 6.07) is 3.45. The number of carbonyl (C=O) groups excluding carboxylic acids is 1. The van der Waals surface area contributed by atoms with Gasteiger partial charge in [0.1, 0.15) is 0 Å². The zero-order valence-corrected chi connectivity index (χ0v) is 11.2. The van der Waals surface area contributed by atoms with Crippen LogP contribution in [-0.4, -0.2) is 20.7 Å². The Balaban J connectivity index is 2.31. The summed E-state index contributed by atoms with van der Waals surface area (Å²) in [7, 11) is 0. The van der Waals surface area contributed by atoms with Crippen LogP contribution in [0.3, 0.4) is 0 Å². The predicted molar refractivity (Wildman–Crippen MR) is 68.9 cm³/mol. The molecule has 2 rings (SSSR count). The minimum Gasteiger partial charge on any atom is -0.398 e. The van der Waals surface area contributed by atoms with Crippen LogP contribution in [0.1, 0.15) is 15.9 Å². The smallest absolute Gasteiger partial charge is 0.257 e. The van der Waals surface area contributed by atoms with Gasteiger partial charge < -0.3 is 5.73 Å². The van der Waals surface area contributed by atoms with Gasteiger partial charge in [-0.3, -0.25) is 10.1 Å². The number of amides is 1. The highest BCUT2D eigenvalue weighted by molar-refractivity contribution is 9.10. The molecule has 0 aliphatic rings. The van der Waals surface area contributed by atoms with Crippen LogP contribution in [0, 0.1) is 6.92 Å². The van der Waals surface area contributed by atoms with Gasteiger partial charge in [0.2, 0.25) is 5.13 Å². The molecule has 88 valence electrons. The fourth-order valence-corrected chi connectivity index (χ4v) is 2.12. The number of hydrogen-bond donors (Lipinski definition) is 2. The third-order valence-corrected chi connectivity index (χ3v) is 3.15. The zero-order valence-electron chi connectivity index (χ0n) is 8.77. The molecule has 8 heteroatoms. The Bertz CT molecular complexity index is 557. The molecule has 1 heterocycles. The third kappa shape index (κ3) is 2.59. The second-order valence-corrected chi connectivity index (χ2v) is 4.94. The summed E-state index contributed by atoms with van der Waals surface area (Å²) in [6.07, 6.45) is 0. The lowest BCUT2D eigenvalue weighted by Gasteiger charge is -2.08. The van der Waals surface area contributed by atoms with Crippen molar-refractivity contribution < 1.29 is 4.79 Å². The topological polar surface area (TPSA) is 93.8 Å². The average molecular weight is 314 g/mol. The molecule has 0 aliphatic carbocycles. The largest absolute Gasteiger partial charge is 0.398 e. The van der Waals surface area contributed by atoms with E-state index in [1.54, 1.807) is 19.1 Å². The Hall–Kier alpha value is -1.54. The van der Waals surface area contributed by atoms with Gasteiger partial charge >= 0.3 is 0 Å². The van der Waals surface area contributed by atoms with Gasteiger partial charge in [-0.1, -0.05) is 25.5 Å². The molecule has 3 N–H and O–H groups in total. The van der Waals surface area contributed by atoms with Crippen molar-refractivity contribution in [1.29, 1.82) is 0 Å². The number of anilines is 2. The zero-order chi connectivity index (χ0) is 12.4. The van der Waals surface area contributed by atoms with Crippen LogP contribution in [0.5, 0.6) is 0 Å². The van der Waals surface area contributed by atoms with E-state index in [2.05, 4.69) is 36.0 Å². The molecule has 1 aromatic carbocycles. The van der Waals surface area contributed by atoms with Crippen LogP contribution in [0.25, 0.3) is 0 Å². The van der Waals surface area contributed by atoms with E-state index in [1.165, 1.54) is 0 Å². The van der Waals surface area contributed by atoms with Gasteiger partial charge in [0, 0.05) is 27.3 Å². The molecule has 0 bridgehead atoms. The Labute approximate surface area is 110 Å². The normalized spacial score (nSPS) is 10.2. The van der Waals surface area contributed by atoms with E-state index in [1.807, 2.05) is 0 Å². The number of nitrogens with two attached hydrogens (primary N) is 1. The number of rotatable bonds is 2. The van der Waals surface area contributed by atoms with Crippen molar-refractivity contribution in [2.45, 2.75) is 6.92 Å². The van der Waals surface area contributed by atoms with Gasteiger partial charge in [-0.15, -0.1) is 0 Å². The lowest BCUT2D eigenvalue weighted by molar-refractivity contribution is 0.102. The summed E-state index contributed by atoms with van der Waals surface area (Å²) >= 11 is 4.31. The molecule has 0 saturated heterocycles. The van der Waals surface area contributed by atoms with Crippen LogP contribution < -0.4 is 11.1 Å². The quantitative estimate of drug-likeness (QED) is 0.825. The van der Waals surface area contributed by atoms with E-state index in [-0.39, 0.29) is 5.91 Å². The van der Waals surface area contributed by atoms with Crippen molar-refractivity contribution in [3.63, 3.8) is 0 Å². The Kier molecular flexibility index (Phi) is 3.34. The summed E-state index contributed by atoms with van der Waals surface area (Å²) in [5.74, 6) is -0.283. The minimum absolute atomic E-state index is 0.283. The van der Waals surface area contributed by atoms with Crippen LogP contribution in [0.15, 0.2) is 16.6 Å². The van der Waals surface area contributed by atoms with E-state index >= 15 is 0 Å². The number of halogens is 1. The summed E-state index contributed by atoms with van der Waals surface area (Å²) in [5, 5.41) is 9.99. The first-order valence-electron chi connectivity index (χ1n) is 4.60. The van der Waals surface area contributed by atoms with Crippen molar-refractivity contribution >= 4 is 44.2 Å². The minimum atomic E-state index is -0.283. The van der Waals surface area contributed by atoms with Gasteiger partial charge in [-0.25, -0.2) is 0 Å². The molecule has 2 aromatic rings. The molecule has 0 atom stereocenters. The van der Waals surface area contributed by atoms with Crippen LogP contribution in [0.2, 0.25) is 0 Å². The summed E-state index contributed by atoms with van der Waals surface area (Å²) in [5.41, 5.74) is 7.56. The summed E-state index contributed by atoms with van der Waals surface area (Å²) in [4.78, 5) is 12.0. The first-order valence-corrected chi connectivity index (χ1v) is 6.16. The van der Waals surface area contributed by atoms with Crippen molar-refractivity contribution in [3.05, 3.63) is 27.7 Å². The SMILES string of the molecule is Cc1c(N)cc(Br)cc1C(=O)Nc1nnns1. The van der Waals surface area contributed by atoms with E-state index < -0.39 is 0 Å². The van der Waals surface area contributed by atoms with E-state index in [9.17, 15) is 4.79 Å². The number of aromatic nitrogens is 3. The number of nitrogens with zero attached hydrogens (tertiary/aromatic N) is 3. The molecule has 1 aromatic heterocycles. The first-order chi connectivity index (χ1) is 8.08. The Morgan fingerprint density at radius 2 is 2.29 bits per heavy atom. The first kappa shape index (κ1) is 11.9. The maximum atomic E-state index is 12.0. The van der Waals surface area contributed by atoms with Crippen LogP contribution >= 0.6 is 27.5 Å². The highest BCUT2D eigenvalue weighted by atomic mass is 79.9. The Morgan fingerprint density at radius 3 is 2.94 bits per heavy atom. The molecule has 17 heavy (non-hydrogen) atoms. The second kappa shape index (κ2) is 4.76. The summed E-state index contributed by atoms with van der Waals surface area (Å²) in [6.45, 7) is 1.79. The number of hydrogen-bond acceptors (Lipinski definition) is 6. The van der Waals surface area contributed by atoms with Crippen LogP contribution in [-0.2, 0) is 0 Å². The van der Waals surface area contributed by atoms with Gasteiger partial charge in [-0.05, 0) is 29.8 Å². The standard InChI is InChI=1S/C9H8BrN5OS/c1-4-6(2-5(10)3-7(4)11)8(16)12-9-13-14-15-17-9/h2-3H,11H2,1H3,(H,12,13,15,16). The molecule has 0 saturated carbocycles. The maximum absolute atomic E-state index is 12.0. The number of carbonyl (C=O) groups is 1. The number of benzene rings is 1. The second-order valence-electron chi connectivity index (χ2n) is 3.29. The molecule has 0 unspecified atom stereocenters. The highest BCUT2D eigenvalue weighted by Gasteiger charge is 2.13. The highest BCUT2D eigenvalue weighted by Crippen LogP contribution is 2.23. The molecule has 0 fully saturated rings. The van der Waals surface area contributed by atoms with E-state index in [0.29, 0.717) is 16.4 Å². The summed E-state index contributed by atoms with van der Waals surface area (Å²) < 4.78 is 4.31. The van der Waals surface area contributed by atoms with Gasteiger partial charge in [0.15, 0.2) is 0 Å². The molecule has 6 nitrogen and oxygen atoms in total. The molecule has 0 radical (unpaired) electrons. The molecule has 0 aliphatic heterocycles. The predicted octanol–water partition coefficient (Wildman–Crippen LogP) is 1.84. The molecule has 0 spiro atoms. The van der Waals surface area contributed by atoms with Crippen molar-refractivity contribution in [2.75, 3.05) is 11.1 Å². The molecule has 1 amide bonds. The van der Waals surface area contributed by atoms with Gasteiger partial charge in [-0.2, -0.15) is 0 Å². The number of nitrogen functional groups attached to an aromatic ring is 1. The Morgan fingerprint density at radius 1 is 1.53 bits per heavy atom. The fraction of sp³-hybridized carbons (Fsp3) is 0.111. The fourth-order valence-electron chi connectivity index (χ4n) is 1.28. The van der Waals surface area contributed by atoms with Gasteiger partial charge in [0.25, 0.3) is 5.91 Å². The van der Waals surface area contributed by atoms with Gasteiger partial charge in [0.05, 0.1) is 0 Å². The van der Waals surface area contributed by atoms with E-state index in [0.717, 1.165) is 21.6 Å². The maximum Gasteiger partial charge on any atom is 0.257 e. The number of nitrogens with one attached hydrogen (secondary N) is 1. The van der Waals surface area contributed by atoms with Crippen molar-refractivity contribution in [2.24, 2.45) is 0 Å². The van der Waals surface area contributed by atoms with Crippen molar-refractivity contribution in [1.82, 2.24) is 14.8 Å². The molecular formula is C9H8BrN5OS. The third-order valence-electron chi connectivity index (χ3n) is 2.18. The lowest BCUT2D eigenvalue weighted by atomic mass is 10.1. The van der Waals surface area contributed by atoms with Crippen molar-refractivity contribution in [3.8, 4) is 0 Å². The lowest BCUT2D eigenvalue weighted by Crippen LogP contribution is -2.14. The van der Waals surface area contributed by atoms with Crippen LogP contribution in [0.4, 0.5) is 10.8 Å². The average Bonchev–Trinajstić information content (AvgIpc) is 2.76. The van der Waals surface area contributed by atoms with E-state index in [4.69, 9.17) is 5.73 Å².